The minimum atomic E-state index is -0.703. The maximum absolute atomic E-state index is 13.6. The number of fused-ring (bicyclic) bond motifs is 2. The van der Waals surface area contributed by atoms with E-state index in [0.717, 1.165) is 69.5 Å². The third-order valence-corrected chi connectivity index (χ3v) is 11.7. The van der Waals surface area contributed by atoms with Crippen molar-refractivity contribution < 1.29 is 33.4 Å². The van der Waals surface area contributed by atoms with Crippen LogP contribution in [0.25, 0.3) is 22.5 Å². The van der Waals surface area contributed by atoms with E-state index in [1.165, 1.54) is 14.2 Å². The van der Waals surface area contributed by atoms with Gasteiger partial charge >= 0.3 is 12.2 Å². The monoisotopic (exact) mass is 784 g/mol. The number of benzene rings is 2. The van der Waals surface area contributed by atoms with Crippen molar-refractivity contribution in [1.82, 2.24) is 40.4 Å². The minimum Gasteiger partial charge on any atom is -0.455 e. The first-order valence-electron chi connectivity index (χ1n) is 19.0. The Labute approximate surface area is 329 Å². The molecule has 0 aliphatic carbocycles. The van der Waals surface area contributed by atoms with Crippen LogP contribution in [0.2, 0.25) is 0 Å². The molecule has 2 fully saturated rings. The van der Waals surface area contributed by atoms with Gasteiger partial charge in [-0.25, -0.2) is 19.6 Å². The summed E-state index contributed by atoms with van der Waals surface area (Å²) in [5.74, 6) is 2.32. The molecule has 15 nitrogen and oxygen atoms in total. The van der Waals surface area contributed by atoms with E-state index in [2.05, 4.69) is 31.7 Å². The molecular weight excluding hydrogens is 737 g/mol. The van der Waals surface area contributed by atoms with Gasteiger partial charge in [-0.3, -0.25) is 9.59 Å². The summed E-state index contributed by atoms with van der Waals surface area (Å²) in [6, 6.07) is 10.2. The fraction of sp³-hybridized carbons (Fsp3) is 0.450. The molecule has 2 aromatic heterocycles. The van der Waals surface area contributed by atoms with Crippen molar-refractivity contribution in [3.8, 4) is 34.0 Å². The molecule has 0 bridgehead atoms. The minimum absolute atomic E-state index is 0.116. The molecule has 5 heterocycles. The van der Waals surface area contributed by atoms with Gasteiger partial charge in [-0.1, -0.05) is 45.5 Å². The summed E-state index contributed by atoms with van der Waals surface area (Å²) in [6.45, 7) is 8.74. The van der Waals surface area contributed by atoms with Crippen molar-refractivity contribution in [1.29, 1.82) is 0 Å². The summed E-state index contributed by atoms with van der Waals surface area (Å²) in [5.41, 5.74) is 3.47. The molecule has 0 saturated carbocycles. The van der Waals surface area contributed by atoms with Gasteiger partial charge in [0.2, 0.25) is 11.8 Å². The van der Waals surface area contributed by atoms with Gasteiger partial charge in [0.05, 0.1) is 59.9 Å². The Morgan fingerprint density at radius 3 is 1.73 bits per heavy atom. The number of alkyl carbamates (subject to hydrolysis) is 2. The summed E-state index contributed by atoms with van der Waals surface area (Å²) in [6.07, 6.45) is 5.50. The number of carbonyl (C=O) groups excluding carboxylic acids is 4. The SMILES string of the molecule is COC(=O)N[C@H](C(=O)N1CCC[C@@H]1c1ncc(-c2ccc3c(c2)Oc2ccc(-c4cnc([C@@H]5CCCN5C(=O)[C@@H](NC(=O)OC)C(C)C)[nH]4)cc2S3)[nH]1)C(C)C. The van der Waals surface area contributed by atoms with E-state index < -0.39 is 24.3 Å². The number of hydrogen-bond donors (Lipinski definition) is 4. The van der Waals surface area contributed by atoms with Crippen molar-refractivity contribution in [3.63, 3.8) is 0 Å². The smallest absolute Gasteiger partial charge is 0.407 e. The van der Waals surface area contributed by atoms with Crippen molar-refractivity contribution in [2.45, 2.75) is 87.3 Å². The second-order valence-electron chi connectivity index (χ2n) is 15.0. The van der Waals surface area contributed by atoms with Gasteiger partial charge in [-0.05, 0) is 67.9 Å². The quantitative estimate of drug-likeness (QED) is 0.117. The molecule has 2 aromatic carbocycles. The van der Waals surface area contributed by atoms with E-state index in [1.54, 1.807) is 34.0 Å². The van der Waals surface area contributed by atoms with Gasteiger partial charge in [-0.15, -0.1) is 0 Å². The van der Waals surface area contributed by atoms with Crippen molar-refractivity contribution in [2.24, 2.45) is 11.8 Å². The van der Waals surface area contributed by atoms with E-state index in [4.69, 9.17) is 19.2 Å². The second kappa shape index (κ2) is 16.3. The number of nitrogens with one attached hydrogen (secondary N) is 4. The van der Waals surface area contributed by atoms with Crippen LogP contribution >= 0.6 is 11.8 Å². The standard InChI is InChI=1S/C40H48N8O7S/c1-21(2)33(45-39(51)53-5)37(49)47-15-7-9-27(47)35-41-19-25(43-35)23-12-14-31-30(17-23)55-29-13-11-24(18-32(29)56-31)26-20-42-36(44-26)28-10-8-16-48(28)38(50)34(22(3)4)46-40(52)54-6/h11-14,17-22,27-28,33-34H,7-10,15-16H2,1-6H3,(H,41,43)(H,42,44)(H,45,51)(H,46,52)/t27-,28+,33+,34+/m1/s1. The zero-order chi connectivity index (χ0) is 39.7. The third kappa shape index (κ3) is 7.79. The Morgan fingerprint density at radius 2 is 1.23 bits per heavy atom. The number of methoxy groups -OCH3 is 2. The molecule has 4 atom stereocenters. The van der Waals surface area contributed by atoms with Crippen LogP contribution in [0.4, 0.5) is 9.59 Å². The van der Waals surface area contributed by atoms with Crippen LogP contribution in [0.5, 0.6) is 11.5 Å². The highest BCUT2D eigenvalue weighted by molar-refractivity contribution is 7.99. The lowest BCUT2D eigenvalue weighted by atomic mass is 10.0. The van der Waals surface area contributed by atoms with Gasteiger partial charge in [-0.2, -0.15) is 0 Å². The predicted octanol–water partition coefficient (Wildman–Crippen LogP) is 6.81. The number of aromatic amines is 2. The largest absolute Gasteiger partial charge is 0.455 e. The highest BCUT2D eigenvalue weighted by Gasteiger charge is 2.39. The lowest BCUT2D eigenvalue weighted by molar-refractivity contribution is -0.136. The fourth-order valence-corrected chi connectivity index (χ4v) is 8.58. The van der Waals surface area contributed by atoms with E-state index in [9.17, 15) is 19.2 Å². The average molecular weight is 785 g/mol. The summed E-state index contributed by atoms with van der Waals surface area (Å²) >= 11 is 1.62. The van der Waals surface area contributed by atoms with Crippen LogP contribution in [0.15, 0.2) is 58.6 Å². The van der Waals surface area contributed by atoms with Crippen molar-refractivity contribution >= 4 is 35.8 Å². The van der Waals surface area contributed by atoms with Crippen LogP contribution in [-0.4, -0.2) is 93.1 Å². The van der Waals surface area contributed by atoms with Gasteiger partial charge in [0, 0.05) is 24.2 Å². The first kappa shape index (κ1) is 38.8. The zero-order valence-corrected chi connectivity index (χ0v) is 33.2. The molecule has 4 aromatic rings. The lowest BCUT2D eigenvalue weighted by Crippen LogP contribution is -2.51. The highest BCUT2D eigenvalue weighted by atomic mass is 32.2. The first-order valence-corrected chi connectivity index (χ1v) is 19.8. The van der Waals surface area contributed by atoms with Gasteiger partial charge in [0.1, 0.15) is 35.2 Å². The molecule has 4 amide bonds. The number of imidazole rings is 2. The summed E-state index contributed by atoms with van der Waals surface area (Å²) in [4.78, 5) is 72.9. The maximum atomic E-state index is 13.6. The number of aromatic nitrogens is 4. The number of amides is 4. The summed E-state index contributed by atoms with van der Waals surface area (Å²) in [5, 5.41) is 5.39. The molecule has 7 rings (SSSR count). The van der Waals surface area contributed by atoms with Gasteiger partial charge < -0.3 is 44.6 Å². The Hall–Kier alpha value is -5.51. The van der Waals surface area contributed by atoms with Crippen molar-refractivity contribution in [2.75, 3.05) is 27.3 Å². The molecule has 16 heteroatoms. The molecule has 56 heavy (non-hydrogen) atoms. The number of carbonyl (C=O) groups is 4. The summed E-state index contributed by atoms with van der Waals surface area (Å²) in [7, 11) is 2.57. The number of nitrogens with zero attached hydrogens (tertiary/aromatic N) is 4. The molecule has 3 aliphatic heterocycles. The van der Waals surface area contributed by atoms with E-state index >= 15 is 0 Å². The number of H-pyrrole nitrogens is 2. The number of hydrogen-bond acceptors (Lipinski definition) is 10. The predicted molar refractivity (Wildman–Crippen MR) is 208 cm³/mol. The molecule has 2 saturated heterocycles. The first-order chi connectivity index (χ1) is 26.9. The Balaban J connectivity index is 1.03. The Kier molecular flexibility index (Phi) is 11.3. The molecule has 0 unspecified atom stereocenters. The topological polar surface area (TPSA) is 184 Å². The zero-order valence-electron chi connectivity index (χ0n) is 32.4. The molecule has 296 valence electrons. The van der Waals surface area contributed by atoms with Crippen LogP contribution in [0.3, 0.4) is 0 Å². The molecule has 4 N–H and O–H groups in total. The number of ether oxygens (including phenoxy) is 3. The van der Waals surface area contributed by atoms with Crippen LogP contribution in [0.1, 0.15) is 77.1 Å². The average Bonchev–Trinajstić information content (AvgIpc) is 4.03. The van der Waals surface area contributed by atoms with Gasteiger partial charge in [0.15, 0.2) is 0 Å². The molecule has 0 radical (unpaired) electrons. The van der Waals surface area contributed by atoms with Gasteiger partial charge in [0.25, 0.3) is 0 Å². The Bertz CT molecular complexity index is 1970. The van der Waals surface area contributed by atoms with Crippen LogP contribution in [-0.2, 0) is 19.1 Å². The maximum Gasteiger partial charge on any atom is 0.407 e. The second-order valence-corrected chi connectivity index (χ2v) is 16.1. The highest BCUT2D eigenvalue weighted by Crippen LogP contribution is 2.49. The van der Waals surface area contributed by atoms with E-state index in [-0.39, 0.29) is 35.7 Å². The molecule has 0 spiro atoms. The summed E-state index contributed by atoms with van der Waals surface area (Å²) < 4.78 is 15.9. The number of rotatable bonds is 10. The third-order valence-electron chi connectivity index (χ3n) is 10.6. The molecular formula is C40H48N8O7S. The number of likely N-dealkylation sites (tertiary alicyclic amines) is 2. The van der Waals surface area contributed by atoms with Crippen LogP contribution < -0.4 is 15.4 Å². The Morgan fingerprint density at radius 1 is 0.732 bits per heavy atom. The van der Waals surface area contributed by atoms with Crippen LogP contribution in [0, 0.1) is 11.8 Å². The normalized spacial score (nSPS) is 18.6. The van der Waals surface area contributed by atoms with E-state index in [1.807, 2.05) is 58.0 Å². The van der Waals surface area contributed by atoms with E-state index in [0.29, 0.717) is 24.7 Å². The lowest BCUT2D eigenvalue weighted by Gasteiger charge is -2.30. The fourth-order valence-electron chi connectivity index (χ4n) is 7.61. The van der Waals surface area contributed by atoms with Crippen molar-refractivity contribution in [3.05, 3.63) is 60.4 Å². The molecule has 3 aliphatic rings.